The molecule has 0 bridgehead atoms. The number of amides is 1. The van der Waals surface area contributed by atoms with Gasteiger partial charge in [0, 0.05) is 24.5 Å². The van der Waals surface area contributed by atoms with E-state index >= 15 is 0 Å². The zero-order valence-electron chi connectivity index (χ0n) is 11.8. The zero-order valence-corrected chi connectivity index (χ0v) is 12.6. The number of nitrogens with zero attached hydrogens (tertiary/aromatic N) is 1. The Kier molecular flexibility index (Phi) is 5.07. The van der Waals surface area contributed by atoms with Gasteiger partial charge in [-0.05, 0) is 43.0 Å². The van der Waals surface area contributed by atoms with Crippen molar-refractivity contribution in [2.45, 2.75) is 19.8 Å². The maximum atomic E-state index is 12.0. The summed E-state index contributed by atoms with van der Waals surface area (Å²) in [7, 11) is 0. The number of aryl methyl sites for hydroxylation is 1. The molecule has 1 amide bonds. The summed E-state index contributed by atoms with van der Waals surface area (Å²) < 4.78 is 5.47. The Labute approximate surface area is 128 Å². The highest BCUT2D eigenvalue weighted by atomic mass is 35.5. The molecule has 1 aromatic carbocycles. The van der Waals surface area contributed by atoms with Crippen molar-refractivity contribution in [3.63, 3.8) is 0 Å². The van der Waals surface area contributed by atoms with Crippen molar-refractivity contribution in [2.75, 3.05) is 19.7 Å². The van der Waals surface area contributed by atoms with E-state index in [1.807, 2.05) is 6.92 Å². The number of carboxylic acid groups (broad SMARTS) is 1. The Balaban J connectivity index is 1.82. The lowest BCUT2D eigenvalue weighted by molar-refractivity contribution is -0.138. The summed E-state index contributed by atoms with van der Waals surface area (Å²) in [5, 5.41) is 9.42. The molecule has 5 nitrogen and oxygen atoms in total. The summed E-state index contributed by atoms with van der Waals surface area (Å²) in [5.41, 5.74) is 0.893. The predicted octanol–water partition coefficient (Wildman–Crippen LogP) is 2.35. The number of rotatable bonds is 5. The van der Waals surface area contributed by atoms with Crippen LogP contribution in [-0.4, -0.2) is 41.6 Å². The third kappa shape index (κ3) is 4.36. The number of hydrogen-bond donors (Lipinski definition) is 1. The maximum absolute atomic E-state index is 12.0. The first-order valence-corrected chi connectivity index (χ1v) is 7.22. The van der Waals surface area contributed by atoms with Crippen LogP contribution in [0.4, 0.5) is 0 Å². The molecule has 0 aromatic heterocycles. The topological polar surface area (TPSA) is 66.8 Å². The second-order valence-corrected chi connectivity index (χ2v) is 5.70. The van der Waals surface area contributed by atoms with Gasteiger partial charge in [-0.15, -0.1) is 0 Å². The average molecular weight is 312 g/mol. The number of carbonyl (C=O) groups is 2. The summed E-state index contributed by atoms with van der Waals surface area (Å²) in [4.78, 5) is 24.4. The Hall–Kier alpha value is -1.75. The van der Waals surface area contributed by atoms with Crippen LogP contribution in [0.3, 0.4) is 0 Å². The summed E-state index contributed by atoms with van der Waals surface area (Å²) in [6, 6.07) is 5.24. The molecule has 1 aliphatic rings. The van der Waals surface area contributed by atoms with Crippen molar-refractivity contribution in [1.29, 1.82) is 0 Å². The fourth-order valence-corrected chi connectivity index (χ4v) is 2.53. The Morgan fingerprint density at radius 3 is 2.90 bits per heavy atom. The summed E-state index contributed by atoms with van der Waals surface area (Å²) in [5.74, 6) is -0.284. The zero-order chi connectivity index (χ0) is 15.4. The lowest BCUT2D eigenvalue weighted by Gasteiger charge is -2.16. The van der Waals surface area contributed by atoms with Gasteiger partial charge in [0.05, 0.1) is 0 Å². The predicted molar refractivity (Wildman–Crippen MR) is 78.6 cm³/mol. The van der Waals surface area contributed by atoms with Gasteiger partial charge in [0.2, 0.25) is 0 Å². The maximum Gasteiger partial charge on any atom is 0.303 e. The van der Waals surface area contributed by atoms with Crippen molar-refractivity contribution in [1.82, 2.24) is 4.90 Å². The standard InChI is InChI=1S/C15H18ClNO4/c1-10-6-12(2-3-13(10)16)21-9-14(18)17-5-4-11(8-17)7-15(19)20/h2-3,6,11H,4-5,7-9H2,1H3,(H,19,20). The molecule has 1 saturated heterocycles. The lowest BCUT2D eigenvalue weighted by atomic mass is 10.1. The van der Waals surface area contributed by atoms with Gasteiger partial charge in [-0.25, -0.2) is 0 Å². The van der Waals surface area contributed by atoms with Crippen LogP contribution < -0.4 is 4.74 Å². The van der Waals surface area contributed by atoms with Gasteiger partial charge in [-0.1, -0.05) is 11.6 Å². The number of hydrogen-bond acceptors (Lipinski definition) is 3. The van der Waals surface area contributed by atoms with Gasteiger partial charge in [0.15, 0.2) is 6.61 Å². The molecular formula is C15H18ClNO4. The number of carbonyl (C=O) groups excluding carboxylic acids is 1. The van der Waals surface area contributed by atoms with Crippen molar-refractivity contribution >= 4 is 23.5 Å². The van der Waals surface area contributed by atoms with E-state index in [2.05, 4.69) is 0 Å². The SMILES string of the molecule is Cc1cc(OCC(=O)N2CCC(CC(=O)O)C2)ccc1Cl. The van der Waals surface area contributed by atoms with Gasteiger partial charge in [-0.2, -0.15) is 0 Å². The molecule has 6 heteroatoms. The van der Waals surface area contributed by atoms with E-state index in [-0.39, 0.29) is 24.9 Å². The van der Waals surface area contributed by atoms with Crippen LogP contribution in [0.2, 0.25) is 5.02 Å². The molecule has 1 aromatic rings. The first kappa shape index (κ1) is 15.6. The first-order valence-electron chi connectivity index (χ1n) is 6.84. The molecule has 1 unspecified atom stereocenters. The Morgan fingerprint density at radius 1 is 1.48 bits per heavy atom. The van der Waals surface area contributed by atoms with Crippen LogP contribution in [0.25, 0.3) is 0 Å². The number of benzene rings is 1. The third-order valence-corrected chi connectivity index (χ3v) is 4.02. The smallest absolute Gasteiger partial charge is 0.303 e. The highest BCUT2D eigenvalue weighted by molar-refractivity contribution is 6.31. The summed E-state index contributed by atoms with van der Waals surface area (Å²) in [6.07, 6.45) is 0.846. The summed E-state index contributed by atoms with van der Waals surface area (Å²) >= 11 is 5.93. The molecule has 0 spiro atoms. The van der Waals surface area contributed by atoms with E-state index in [4.69, 9.17) is 21.4 Å². The van der Waals surface area contributed by atoms with E-state index in [1.165, 1.54) is 0 Å². The number of aliphatic carboxylic acids is 1. The minimum Gasteiger partial charge on any atom is -0.484 e. The Morgan fingerprint density at radius 2 is 2.24 bits per heavy atom. The molecule has 1 fully saturated rings. The largest absolute Gasteiger partial charge is 0.484 e. The van der Waals surface area contributed by atoms with E-state index in [0.717, 1.165) is 12.0 Å². The van der Waals surface area contributed by atoms with Gasteiger partial charge >= 0.3 is 5.97 Å². The molecule has 1 N–H and O–H groups in total. The number of halogens is 1. The van der Waals surface area contributed by atoms with Gasteiger partial charge in [-0.3, -0.25) is 9.59 Å². The van der Waals surface area contributed by atoms with E-state index in [0.29, 0.717) is 23.9 Å². The van der Waals surface area contributed by atoms with Gasteiger partial charge in [0.25, 0.3) is 5.91 Å². The molecule has 2 rings (SSSR count). The average Bonchev–Trinajstić information content (AvgIpc) is 2.87. The normalized spacial score (nSPS) is 17.8. The van der Waals surface area contributed by atoms with Gasteiger partial charge in [0.1, 0.15) is 5.75 Å². The minimum atomic E-state index is -0.817. The molecule has 0 saturated carbocycles. The lowest BCUT2D eigenvalue weighted by Crippen LogP contribution is -2.33. The van der Waals surface area contributed by atoms with Gasteiger partial charge < -0.3 is 14.7 Å². The molecule has 21 heavy (non-hydrogen) atoms. The van der Waals surface area contributed by atoms with Crippen LogP contribution in [0, 0.1) is 12.8 Å². The van der Waals surface area contributed by atoms with Crippen LogP contribution in [-0.2, 0) is 9.59 Å². The Bertz CT molecular complexity index is 546. The molecule has 0 aliphatic carbocycles. The van der Waals surface area contributed by atoms with Crippen molar-refractivity contribution in [2.24, 2.45) is 5.92 Å². The highest BCUT2D eigenvalue weighted by Gasteiger charge is 2.27. The third-order valence-electron chi connectivity index (χ3n) is 3.59. The number of carboxylic acids is 1. The quantitative estimate of drug-likeness (QED) is 0.906. The fourth-order valence-electron chi connectivity index (χ4n) is 2.42. The number of ether oxygens (including phenoxy) is 1. The number of likely N-dealkylation sites (tertiary alicyclic amines) is 1. The fraction of sp³-hybridized carbons (Fsp3) is 0.467. The van der Waals surface area contributed by atoms with Crippen LogP contribution in [0.5, 0.6) is 5.75 Å². The molecular weight excluding hydrogens is 294 g/mol. The van der Waals surface area contributed by atoms with Crippen molar-refractivity contribution in [3.05, 3.63) is 28.8 Å². The molecule has 114 valence electrons. The monoisotopic (exact) mass is 311 g/mol. The van der Waals surface area contributed by atoms with E-state index in [1.54, 1.807) is 23.1 Å². The van der Waals surface area contributed by atoms with E-state index in [9.17, 15) is 9.59 Å². The van der Waals surface area contributed by atoms with E-state index < -0.39 is 5.97 Å². The second-order valence-electron chi connectivity index (χ2n) is 5.29. The van der Waals surface area contributed by atoms with Crippen molar-refractivity contribution in [3.8, 4) is 5.75 Å². The first-order chi connectivity index (χ1) is 9.95. The summed E-state index contributed by atoms with van der Waals surface area (Å²) in [6.45, 7) is 2.92. The molecule has 0 radical (unpaired) electrons. The van der Waals surface area contributed by atoms with Crippen LogP contribution in [0.1, 0.15) is 18.4 Å². The molecule has 1 atom stereocenters. The molecule has 1 heterocycles. The molecule has 1 aliphatic heterocycles. The van der Waals surface area contributed by atoms with Crippen molar-refractivity contribution < 1.29 is 19.4 Å². The minimum absolute atomic E-state index is 0.0408. The van der Waals surface area contributed by atoms with Crippen LogP contribution in [0.15, 0.2) is 18.2 Å². The van der Waals surface area contributed by atoms with Crippen LogP contribution >= 0.6 is 11.6 Å². The highest BCUT2D eigenvalue weighted by Crippen LogP contribution is 2.22. The second kappa shape index (κ2) is 6.80.